The topological polar surface area (TPSA) is 76.8 Å². The number of rotatable bonds is 2. The van der Waals surface area contributed by atoms with Crippen LogP contribution in [-0.2, 0) is 9.47 Å². The Morgan fingerprint density at radius 2 is 1.88 bits per heavy atom. The molecule has 3 N–H and O–H groups in total. The highest BCUT2D eigenvalue weighted by Gasteiger charge is 2.43. The van der Waals surface area contributed by atoms with Crippen molar-refractivity contribution in [2.24, 2.45) is 0 Å². The third kappa shape index (κ3) is 3.75. The summed E-state index contributed by atoms with van der Waals surface area (Å²) in [5, 5.41) is 3.53. The molecule has 2 fully saturated rings. The highest BCUT2D eigenvalue weighted by Crippen LogP contribution is 2.32. The first-order valence-corrected chi connectivity index (χ1v) is 8.53. The zero-order chi connectivity index (χ0) is 17.3. The number of fused-ring (bicyclic) bond motifs is 2. The molecule has 24 heavy (non-hydrogen) atoms. The SMILES string of the molecule is CC(C)(C)OC(=O)N1C2COCC1CC(Nc1ccccc1N)C2. The third-order valence-electron chi connectivity index (χ3n) is 4.45. The first kappa shape index (κ1) is 16.9. The molecular weight excluding hydrogens is 306 g/mol. The number of morpholine rings is 1. The van der Waals surface area contributed by atoms with Gasteiger partial charge in [-0.3, -0.25) is 4.90 Å². The molecule has 2 atom stereocenters. The van der Waals surface area contributed by atoms with Crippen molar-refractivity contribution in [3.63, 3.8) is 0 Å². The Balaban J connectivity index is 1.69. The number of para-hydroxylation sites is 2. The van der Waals surface area contributed by atoms with Crippen LogP contribution in [0.3, 0.4) is 0 Å². The highest BCUT2D eigenvalue weighted by atomic mass is 16.6. The number of benzene rings is 1. The van der Waals surface area contributed by atoms with E-state index in [1.165, 1.54) is 0 Å². The van der Waals surface area contributed by atoms with Gasteiger partial charge in [-0.25, -0.2) is 4.79 Å². The summed E-state index contributed by atoms with van der Waals surface area (Å²) in [6.07, 6.45) is 1.41. The first-order valence-electron chi connectivity index (χ1n) is 8.53. The lowest BCUT2D eigenvalue weighted by Crippen LogP contribution is -2.61. The summed E-state index contributed by atoms with van der Waals surface area (Å²) in [6.45, 7) is 6.79. The monoisotopic (exact) mass is 333 g/mol. The lowest BCUT2D eigenvalue weighted by atomic mass is 9.90. The van der Waals surface area contributed by atoms with E-state index >= 15 is 0 Å². The van der Waals surface area contributed by atoms with E-state index in [0.717, 1.165) is 24.2 Å². The molecular formula is C18H27N3O3. The Hall–Kier alpha value is -1.95. The number of nitrogens with zero attached hydrogens (tertiary/aromatic N) is 1. The number of amides is 1. The van der Waals surface area contributed by atoms with Crippen molar-refractivity contribution >= 4 is 17.5 Å². The van der Waals surface area contributed by atoms with Gasteiger partial charge in [0, 0.05) is 6.04 Å². The molecule has 1 aromatic carbocycles. The minimum Gasteiger partial charge on any atom is -0.444 e. The van der Waals surface area contributed by atoms with Crippen molar-refractivity contribution in [1.82, 2.24) is 4.90 Å². The molecule has 0 radical (unpaired) electrons. The predicted octanol–water partition coefficient (Wildman–Crippen LogP) is 2.85. The summed E-state index contributed by atoms with van der Waals surface area (Å²) in [7, 11) is 0. The van der Waals surface area contributed by atoms with Gasteiger partial charge >= 0.3 is 6.09 Å². The number of hydrogen-bond donors (Lipinski definition) is 2. The van der Waals surface area contributed by atoms with E-state index in [9.17, 15) is 4.79 Å². The predicted molar refractivity (Wildman–Crippen MR) is 94.0 cm³/mol. The number of piperidine rings is 1. The number of carbonyl (C=O) groups is 1. The summed E-state index contributed by atoms with van der Waals surface area (Å²) in [6, 6.07) is 8.12. The van der Waals surface area contributed by atoms with E-state index < -0.39 is 5.60 Å². The maximum atomic E-state index is 12.6. The molecule has 1 amide bonds. The lowest BCUT2D eigenvalue weighted by Gasteiger charge is -2.48. The Morgan fingerprint density at radius 1 is 1.25 bits per heavy atom. The molecule has 0 aromatic heterocycles. The first-order chi connectivity index (χ1) is 11.3. The summed E-state index contributed by atoms with van der Waals surface area (Å²) < 4.78 is 11.2. The van der Waals surface area contributed by atoms with Crippen LogP contribution in [0, 0.1) is 0 Å². The number of hydrogen-bond acceptors (Lipinski definition) is 5. The average molecular weight is 333 g/mol. The van der Waals surface area contributed by atoms with Gasteiger partial charge in [-0.1, -0.05) is 12.1 Å². The number of nitrogens with two attached hydrogens (primary N) is 1. The minimum atomic E-state index is -0.486. The van der Waals surface area contributed by atoms with Crippen molar-refractivity contribution in [1.29, 1.82) is 0 Å². The summed E-state index contributed by atoms with van der Waals surface area (Å²) in [5.74, 6) is 0. The number of nitrogen functional groups attached to an aromatic ring is 1. The van der Waals surface area contributed by atoms with Gasteiger partial charge in [-0.05, 0) is 45.7 Å². The normalized spacial score (nSPS) is 26.8. The Kier molecular flexibility index (Phi) is 4.58. The number of carbonyl (C=O) groups excluding carboxylic acids is 1. The number of anilines is 2. The van der Waals surface area contributed by atoms with Gasteiger partial charge in [0.25, 0.3) is 0 Å². The van der Waals surface area contributed by atoms with Crippen molar-refractivity contribution in [2.45, 2.75) is 57.3 Å². The van der Waals surface area contributed by atoms with E-state index in [-0.39, 0.29) is 24.2 Å². The van der Waals surface area contributed by atoms with Crippen LogP contribution in [0.4, 0.5) is 16.2 Å². The second-order valence-electron chi connectivity index (χ2n) is 7.63. The molecule has 1 aromatic rings. The van der Waals surface area contributed by atoms with Crippen LogP contribution in [0.5, 0.6) is 0 Å². The molecule has 0 saturated carbocycles. The number of ether oxygens (including phenoxy) is 2. The fourth-order valence-corrected chi connectivity index (χ4v) is 3.49. The minimum absolute atomic E-state index is 0.0368. The quantitative estimate of drug-likeness (QED) is 0.814. The molecule has 0 aliphatic carbocycles. The second-order valence-corrected chi connectivity index (χ2v) is 7.63. The van der Waals surface area contributed by atoms with Crippen molar-refractivity contribution < 1.29 is 14.3 Å². The molecule has 3 rings (SSSR count). The van der Waals surface area contributed by atoms with Gasteiger partial charge in [-0.15, -0.1) is 0 Å². The Bertz CT molecular complexity index is 585. The smallest absolute Gasteiger partial charge is 0.410 e. The van der Waals surface area contributed by atoms with Gasteiger partial charge in [0.2, 0.25) is 0 Å². The number of nitrogens with one attached hydrogen (secondary N) is 1. The van der Waals surface area contributed by atoms with E-state index in [4.69, 9.17) is 15.2 Å². The van der Waals surface area contributed by atoms with Gasteiger partial charge in [-0.2, -0.15) is 0 Å². The van der Waals surface area contributed by atoms with Crippen LogP contribution >= 0.6 is 0 Å². The molecule has 2 heterocycles. The van der Waals surface area contributed by atoms with Crippen LogP contribution in [0.25, 0.3) is 0 Å². The van der Waals surface area contributed by atoms with Crippen molar-refractivity contribution in [3.05, 3.63) is 24.3 Å². The lowest BCUT2D eigenvalue weighted by molar-refractivity contribution is -0.0803. The van der Waals surface area contributed by atoms with Crippen LogP contribution in [0.2, 0.25) is 0 Å². The summed E-state index contributed by atoms with van der Waals surface area (Å²) in [5.41, 5.74) is 7.24. The molecule has 0 spiro atoms. The fraction of sp³-hybridized carbons (Fsp3) is 0.611. The van der Waals surface area contributed by atoms with E-state index in [2.05, 4.69) is 5.32 Å². The summed E-state index contributed by atoms with van der Waals surface area (Å²) >= 11 is 0. The fourth-order valence-electron chi connectivity index (χ4n) is 3.49. The zero-order valence-corrected chi connectivity index (χ0v) is 14.6. The van der Waals surface area contributed by atoms with E-state index in [0.29, 0.717) is 13.2 Å². The van der Waals surface area contributed by atoms with Gasteiger partial charge in [0.05, 0.1) is 36.7 Å². The van der Waals surface area contributed by atoms with Crippen LogP contribution in [0.1, 0.15) is 33.6 Å². The largest absolute Gasteiger partial charge is 0.444 e. The molecule has 6 heteroatoms. The molecule has 2 saturated heterocycles. The van der Waals surface area contributed by atoms with Crippen LogP contribution < -0.4 is 11.1 Å². The Morgan fingerprint density at radius 3 is 2.46 bits per heavy atom. The highest BCUT2D eigenvalue weighted by molar-refractivity contribution is 5.70. The molecule has 132 valence electrons. The molecule has 6 nitrogen and oxygen atoms in total. The van der Waals surface area contributed by atoms with Crippen LogP contribution in [0.15, 0.2) is 24.3 Å². The van der Waals surface area contributed by atoms with Gasteiger partial charge in [0.1, 0.15) is 5.60 Å². The molecule has 2 aliphatic rings. The zero-order valence-electron chi connectivity index (χ0n) is 14.6. The third-order valence-corrected chi connectivity index (χ3v) is 4.45. The second kappa shape index (κ2) is 6.51. The van der Waals surface area contributed by atoms with E-state index in [1.54, 1.807) is 0 Å². The van der Waals surface area contributed by atoms with Gasteiger partial charge in [0.15, 0.2) is 0 Å². The van der Waals surface area contributed by atoms with Crippen molar-refractivity contribution in [2.75, 3.05) is 24.3 Å². The Labute approximate surface area is 143 Å². The van der Waals surface area contributed by atoms with Crippen molar-refractivity contribution in [3.8, 4) is 0 Å². The van der Waals surface area contributed by atoms with Gasteiger partial charge < -0.3 is 20.5 Å². The standard InChI is InChI=1S/C18H27N3O3/c1-18(2,3)24-17(22)21-13-8-12(9-14(21)11-23-10-13)20-16-7-5-4-6-15(16)19/h4-7,12-14,20H,8-11,19H2,1-3H3. The van der Waals surface area contributed by atoms with Crippen LogP contribution in [-0.4, -0.2) is 47.9 Å². The van der Waals surface area contributed by atoms with E-state index in [1.807, 2.05) is 49.9 Å². The maximum absolute atomic E-state index is 12.6. The molecule has 2 unspecified atom stereocenters. The summed E-state index contributed by atoms with van der Waals surface area (Å²) in [4.78, 5) is 14.4. The maximum Gasteiger partial charge on any atom is 0.410 e. The molecule has 2 aliphatic heterocycles. The molecule has 2 bridgehead atoms. The average Bonchev–Trinajstić information content (AvgIpc) is 2.47.